The van der Waals surface area contributed by atoms with Gasteiger partial charge in [0.15, 0.2) is 0 Å². The minimum Gasteiger partial charge on any atom is -0.376 e. The summed E-state index contributed by atoms with van der Waals surface area (Å²) in [6.07, 6.45) is 0. The minimum atomic E-state index is -0.512. The zero-order valence-electron chi connectivity index (χ0n) is 10.0. The lowest BCUT2D eigenvalue weighted by atomic mass is 10.1. The summed E-state index contributed by atoms with van der Waals surface area (Å²) < 4.78 is 5.19. The second-order valence-corrected chi connectivity index (χ2v) is 4.59. The molecule has 18 heavy (non-hydrogen) atoms. The molecule has 0 saturated carbocycles. The van der Waals surface area contributed by atoms with Crippen molar-refractivity contribution in [3.8, 4) is 6.07 Å². The smallest absolute Gasteiger partial charge is 0.255 e. The molecule has 1 saturated heterocycles. The Balaban J connectivity index is 2.24. The van der Waals surface area contributed by atoms with Crippen LogP contribution in [-0.2, 0) is 4.74 Å². The summed E-state index contributed by atoms with van der Waals surface area (Å²) in [4.78, 5) is 13.9. The maximum atomic E-state index is 12.3. The summed E-state index contributed by atoms with van der Waals surface area (Å²) in [7, 11) is 0. The van der Waals surface area contributed by atoms with E-state index in [1.54, 1.807) is 23.1 Å². The van der Waals surface area contributed by atoms with E-state index in [0.29, 0.717) is 23.7 Å². The monoisotopic (exact) mass is 264 g/mol. The molecule has 1 aromatic rings. The maximum Gasteiger partial charge on any atom is 0.255 e. The Morgan fingerprint density at radius 2 is 2.39 bits per heavy atom. The summed E-state index contributed by atoms with van der Waals surface area (Å²) in [6, 6.07) is 6.70. The van der Waals surface area contributed by atoms with Crippen LogP contribution in [0.3, 0.4) is 0 Å². The molecule has 0 N–H and O–H groups in total. The van der Waals surface area contributed by atoms with Crippen LogP contribution in [0.5, 0.6) is 0 Å². The summed E-state index contributed by atoms with van der Waals surface area (Å²) >= 11 is 5.93. The van der Waals surface area contributed by atoms with Crippen molar-refractivity contribution in [3.63, 3.8) is 0 Å². The largest absolute Gasteiger partial charge is 0.376 e. The highest BCUT2D eigenvalue weighted by atomic mass is 35.5. The van der Waals surface area contributed by atoms with Crippen LogP contribution in [0.2, 0.25) is 5.02 Å². The third-order valence-corrected chi connectivity index (χ3v) is 3.37. The predicted molar refractivity (Wildman–Crippen MR) is 67.4 cm³/mol. The lowest BCUT2D eigenvalue weighted by molar-refractivity contribution is 0.0132. The van der Waals surface area contributed by atoms with Crippen molar-refractivity contribution in [2.45, 2.75) is 13.0 Å². The lowest BCUT2D eigenvalue weighted by Gasteiger charge is -2.31. The first-order chi connectivity index (χ1) is 8.63. The number of nitrogens with zero attached hydrogens (tertiary/aromatic N) is 2. The number of rotatable bonds is 1. The fraction of sp³-hybridized carbons (Fsp3) is 0.385. The number of amides is 1. The molecule has 5 heteroatoms. The van der Waals surface area contributed by atoms with Crippen LogP contribution in [0.25, 0.3) is 0 Å². The van der Waals surface area contributed by atoms with Crippen molar-refractivity contribution in [2.24, 2.45) is 0 Å². The van der Waals surface area contributed by atoms with E-state index < -0.39 is 6.04 Å². The van der Waals surface area contributed by atoms with E-state index in [2.05, 4.69) is 6.07 Å². The fourth-order valence-electron chi connectivity index (χ4n) is 1.90. The van der Waals surface area contributed by atoms with Gasteiger partial charge in [-0.3, -0.25) is 4.79 Å². The molecule has 4 nitrogen and oxygen atoms in total. The van der Waals surface area contributed by atoms with Gasteiger partial charge in [-0.05, 0) is 30.7 Å². The molecule has 1 amide bonds. The number of carbonyl (C=O) groups excluding carboxylic acids is 1. The van der Waals surface area contributed by atoms with E-state index in [-0.39, 0.29) is 12.5 Å². The summed E-state index contributed by atoms with van der Waals surface area (Å²) in [6.45, 7) is 3.03. The van der Waals surface area contributed by atoms with Crippen molar-refractivity contribution >= 4 is 17.5 Å². The number of nitriles is 1. The van der Waals surface area contributed by atoms with Crippen molar-refractivity contribution in [1.82, 2.24) is 4.90 Å². The number of benzene rings is 1. The first-order valence-corrected chi connectivity index (χ1v) is 6.06. The first-order valence-electron chi connectivity index (χ1n) is 5.68. The third-order valence-electron chi connectivity index (χ3n) is 2.94. The van der Waals surface area contributed by atoms with Crippen LogP contribution in [0.1, 0.15) is 15.9 Å². The zero-order valence-corrected chi connectivity index (χ0v) is 10.8. The Labute approximate surface area is 111 Å². The molecule has 1 aliphatic heterocycles. The predicted octanol–water partition coefficient (Wildman–Crippen LogP) is 2.01. The number of aryl methyl sites for hydroxylation is 1. The van der Waals surface area contributed by atoms with Gasteiger partial charge in [-0.25, -0.2) is 0 Å². The van der Waals surface area contributed by atoms with Gasteiger partial charge in [-0.2, -0.15) is 5.26 Å². The molecule has 2 rings (SSSR count). The van der Waals surface area contributed by atoms with Crippen molar-refractivity contribution in [1.29, 1.82) is 5.26 Å². The van der Waals surface area contributed by atoms with Gasteiger partial charge < -0.3 is 9.64 Å². The Hall–Kier alpha value is -1.57. The highest BCUT2D eigenvalue weighted by molar-refractivity contribution is 6.31. The van der Waals surface area contributed by atoms with E-state index in [4.69, 9.17) is 21.6 Å². The van der Waals surface area contributed by atoms with E-state index in [9.17, 15) is 4.79 Å². The van der Waals surface area contributed by atoms with Gasteiger partial charge in [0, 0.05) is 17.1 Å². The molecule has 0 aromatic heterocycles. The van der Waals surface area contributed by atoms with Crippen LogP contribution in [-0.4, -0.2) is 36.6 Å². The van der Waals surface area contributed by atoms with Crippen LogP contribution in [0, 0.1) is 18.3 Å². The highest BCUT2D eigenvalue weighted by Crippen LogP contribution is 2.19. The number of ether oxygens (including phenoxy) is 1. The number of halogens is 1. The molecule has 0 radical (unpaired) electrons. The van der Waals surface area contributed by atoms with Gasteiger partial charge in [0.05, 0.1) is 19.3 Å². The molecule has 0 spiro atoms. The van der Waals surface area contributed by atoms with Gasteiger partial charge >= 0.3 is 0 Å². The van der Waals surface area contributed by atoms with Crippen molar-refractivity contribution in [3.05, 3.63) is 34.3 Å². The normalized spacial score (nSPS) is 19.4. The first kappa shape index (κ1) is 12.9. The third kappa shape index (κ3) is 2.47. The molecule has 0 aliphatic carbocycles. The molecule has 1 aromatic carbocycles. The number of hydrogen-bond donors (Lipinski definition) is 0. The Morgan fingerprint density at radius 1 is 1.61 bits per heavy atom. The molecule has 94 valence electrons. The second kappa shape index (κ2) is 5.38. The Morgan fingerprint density at radius 3 is 3.06 bits per heavy atom. The van der Waals surface area contributed by atoms with Crippen molar-refractivity contribution in [2.75, 3.05) is 19.8 Å². The average Bonchev–Trinajstić information content (AvgIpc) is 2.41. The molecule has 0 bridgehead atoms. The molecule has 1 atom stereocenters. The molecule has 1 heterocycles. The Kier molecular flexibility index (Phi) is 3.85. The molecule has 1 aliphatic rings. The number of morpholine rings is 1. The van der Waals surface area contributed by atoms with Gasteiger partial charge in [-0.1, -0.05) is 11.6 Å². The Bertz CT molecular complexity index is 510. The molecule has 0 unspecified atom stereocenters. The van der Waals surface area contributed by atoms with Crippen LogP contribution in [0.15, 0.2) is 18.2 Å². The van der Waals surface area contributed by atoms with Gasteiger partial charge in [-0.15, -0.1) is 0 Å². The maximum absolute atomic E-state index is 12.3. The van der Waals surface area contributed by atoms with Gasteiger partial charge in [0.2, 0.25) is 0 Å². The van der Waals surface area contributed by atoms with Gasteiger partial charge in [0.1, 0.15) is 6.04 Å². The molecular formula is C13H13ClN2O2. The van der Waals surface area contributed by atoms with Crippen molar-refractivity contribution < 1.29 is 9.53 Å². The zero-order chi connectivity index (χ0) is 13.1. The van der Waals surface area contributed by atoms with Crippen LogP contribution >= 0.6 is 11.6 Å². The summed E-state index contributed by atoms with van der Waals surface area (Å²) in [5, 5.41) is 9.64. The summed E-state index contributed by atoms with van der Waals surface area (Å²) in [5.74, 6) is -0.149. The van der Waals surface area contributed by atoms with Crippen LogP contribution in [0.4, 0.5) is 0 Å². The SMILES string of the molecule is Cc1cc(C(=O)N2CCOC[C@@H]2C#N)ccc1Cl. The quantitative estimate of drug-likeness (QED) is 0.780. The summed E-state index contributed by atoms with van der Waals surface area (Å²) in [5.41, 5.74) is 1.41. The number of hydrogen-bond acceptors (Lipinski definition) is 3. The fourth-order valence-corrected chi connectivity index (χ4v) is 2.01. The standard InChI is InChI=1S/C13H13ClN2O2/c1-9-6-10(2-3-12(9)14)13(17)16-4-5-18-8-11(16)7-15/h2-3,6,11H,4-5,8H2,1H3/t11-/m0/s1. The second-order valence-electron chi connectivity index (χ2n) is 4.18. The van der Waals surface area contributed by atoms with Gasteiger partial charge in [0.25, 0.3) is 5.91 Å². The van der Waals surface area contributed by atoms with E-state index in [1.807, 2.05) is 6.92 Å². The van der Waals surface area contributed by atoms with E-state index >= 15 is 0 Å². The topological polar surface area (TPSA) is 53.3 Å². The number of carbonyl (C=O) groups is 1. The molecular weight excluding hydrogens is 252 g/mol. The minimum absolute atomic E-state index is 0.149. The van der Waals surface area contributed by atoms with Crippen LogP contribution < -0.4 is 0 Å². The average molecular weight is 265 g/mol. The van der Waals surface area contributed by atoms with E-state index in [0.717, 1.165) is 5.56 Å². The lowest BCUT2D eigenvalue weighted by Crippen LogP contribution is -2.47. The van der Waals surface area contributed by atoms with E-state index in [1.165, 1.54) is 0 Å². The highest BCUT2D eigenvalue weighted by Gasteiger charge is 2.27. The molecule has 1 fully saturated rings.